The first-order valence-electron chi connectivity index (χ1n) is 12.0. The molecule has 0 heterocycles. The van der Waals surface area contributed by atoms with Crippen molar-refractivity contribution in [3.05, 3.63) is 29.8 Å². The highest BCUT2D eigenvalue weighted by atomic mass is 16.5. The Morgan fingerprint density at radius 1 is 0.733 bits per heavy atom. The standard InChI is InChI=1S/C26H42O4/c1-3-4-5-6-7-8-9-10-11-12-13-14-21-29-25(27)19-16-20-26(28)30-24-18-15-17-23(2)22-24/h15,17-18,22H,3-14,16,19-21H2,1-2H3. The molecule has 0 atom stereocenters. The predicted molar refractivity (Wildman–Crippen MR) is 123 cm³/mol. The van der Waals surface area contributed by atoms with Crippen molar-refractivity contribution in [2.75, 3.05) is 6.61 Å². The van der Waals surface area contributed by atoms with E-state index in [9.17, 15) is 9.59 Å². The van der Waals surface area contributed by atoms with Gasteiger partial charge in [-0.3, -0.25) is 9.59 Å². The molecular formula is C26H42O4. The predicted octanol–water partition coefficient (Wildman–Crippen LogP) is 7.32. The van der Waals surface area contributed by atoms with Gasteiger partial charge in [-0.2, -0.15) is 0 Å². The lowest BCUT2D eigenvalue weighted by molar-refractivity contribution is -0.144. The fraction of sp³-hybridized carbons (Fsp3) is 0.692. The van der Waals surface area contributed by atoms with Crippen LogP contribution in [0.2, 0.25) is 0 Å². The van der Waals surface area contributed by atoms with Crippen molar-refractivity contribution in [2.24, 2.45) is 0 Å². The molecule has 0 aliphatic rings. The van der Waals surface area contributed by atoms with E-state index in [4.69, 9.17) is 9.47 Å². The number of aryl methyl sites for hydroxylation is 1. The fourth-order valence-electron chi connectivity index (χ4n) is 3.44. The van der Waals surface area contributed by atoms with Crippen LogP contribution in [0.15, 0.2) is 24.3 Å². The van der Waals surface area contributed by atoms with E-state index in [1.54, 1.807) is 6.07 Å². The van der Waals surface area contributed by atoms with Crippen molar-refractivity contribution in [1.82, 2.24) is 0 Å². The third-order valence-electron chi connectivity index (χ3n) is 5.24. The Bertz CT molecular complexity index is 582. The molecule has 0 saturated carbocycles. The zero-order valence-electron chi connectivity index (χ0n) is 19.3. The second kappa shape index (κ2) is 18.0. The monoisotopic (exact) mass is 418 g/mol. The minimum absolute atomic E-state index is 0.221. The van der Waals surface area contributed by atoms with Crippen LogP contribution >= 0.6 is 0 Å². The number of carbonyl (C=O) groups excluding carboxylic acids is 2. The Balaban J connectivity index is 1.87. The molecule has 0 unspecified atom stereocenters. The summed E-state index contributed by atoms with van der Waals surface area (Å²) in [7, 11) is 0. The summed E-state index contributed by atoms with van der Waals surface area (Å²) in [5.41, 5.74) is 1.04. The lowest BCUT2D eigenvalue weighted by atomic mass is 10.1. The number of unbranched alkanes of at least 4 members (excludes halogenated alkanes) is 11. The minimum Gasteiger partial charge on any atom is -0.466 e. The maximum atomic E-state index is 11.8. The lowest BCUT2D eigenvalue weighted by Crippen LogP contribution is -2.10. The molecule has 0 N–H and O–H groups in total. The molecule has 30 heavy (non-hydrogen) atoms. The maximum Gasteiger partial charge on any atom is 0.311 e. The van der Waals surface area contributed by atoms with E-state index >= 15 is 0 Å². The number of rotatable bonds is 18. The third-order valence-corrected chi connectivity index (χ3v) is 5.24. The van der Waals surface area contributed by atoms with Crippen LogP contribution in [0.25, 0.3) is 0 Å². The molecule has 0 spiro atoms. The van der Waals surface area contributed by atoms with Gasteiger partial charge in [0.2, 0.25) is 0 Å². The SMILES string of the molecule is CCCCCCCCCCCCCCOC(=O)CCCC(=O)Oc1cccc(C)c1. The average molecular weight is 419 g/mol. The van der Waals surface area contributed by atoms with Crippen LogP contribution in [0, 0.1) is 6.92 Å². The molecule has 1 rings (SSSR count). The highest BCUT2D eigenvalue weighted by Gasteiger charge is 2.08. The lowest BCUT2D eigenvalue weighted by Gasteiger charge is -2.06. The molecule has 0 radical (unpaired) electrons. The number of benzene rings is 1. The van der Waals surface area contributed by atoms with E-state index in [2.05, 4.69) is 6.92 Å². The normalized spacial score (nSPS) is 10.7. The van der Waals surface area contributed by atoms with Crippen LogP contribution < -0.4 is 4.74 Å². The number of hydrogen-bond acceptors (Lipinski definition) is 4. The van der Waals surface area contributed by atoms with Gasteiger partial charge in [-0.25, -0.2) is 0 Å². The molecule has 0 fully saturated rings. The molecule has 1 aromatic rings. The largest absolute Gasteiger partial charge is 0.466 e. The number of hydrogen-bond donors (Lipinski definition) is 0. The van der Waals surface area contributed by atoms with Gasteiger partial charge in [-0.1, -0.05) is 89.7 Å². The molecule has 4 nitrogen and oxygen atoms in total. The number of ether oxygens (including phenoxy) is 2. The third kappa shape index (κ3) is 15.1. The van der Waals surface area contributed by atoms with Crippen molar-refractivity contribution in [3.63, 3.8) is 0 Å². The van der Waals surface area contributed by atoms with Crippen LogP contribution in [0.5, 0.6) is 5.75 Å². The topological polar surface area (TPSA) is 52.6 Å². The average Bonchev–Trinajstić information content (AvgIpc) is 2.71. The quantitative estimate of drug-likeness (QED) is 0.142. The van der Waals surface area contributed by atoms with Crippen LogP contribution in [0.4, 0.5) is 0 Å². The maximum absolute atomic E-state index is 11.8. The van der Waals surface area contributed by atoms with Gasteiger partial charge in [0.25, 0.3) is 0 Å². The van der Waals surface area contributed by atoms with Gasteiger partial charge in [-0.15, -0.1) is 0 Å². The van der Waals surface area contributed by atoms with E-state index in [1.807, 2.05) is 25.1 Å². The first-order chi connectivity index (χ1) is 14.6. The highest BCUT2D eigenvalue weighted by molar-refractivity contribution is 5.74. The molecule has 0 amide bonds. The molecule has 0 aliphatic carbocycles. The van der Waals surface area contributed by atoms with Gasteiger partial charge in [0.1, 0.15) is 5.75 Å². The van der Waals surface area contributed by atoms with Gasteiger partial charge in [0.05, 0.1) is 6.61 Å². The van der Waals surface area contributed by atoms with Crippen LogP contribution in [0.1, 0.15) is 109 Å². The van der Waals surface area contributed by atoms with E-state index in [0.29, 0.717) is 18.8 Å². The summed E-state index contributed by atoms with van der Waals surface area (Å²) >= 11 is 0. The molecule has 0 saturated heterocycles. The van der Waals surface area contributed by atoms with Crippen molar-refractivity contribution in [3.8, 4) is 5.75 Å². The second-order valence-corrected chi connectivity index (χ2v) is 8.25. The summed E-state index contributed by atoms with van der Waals surface area (Å²) in [4.78, 5) is 23.6. The van der Waals surface area contributed by atoms with Gasteiger partial charge >= 0.3 is 11.9 Å². The van der Waals surface area contributed by atoms with Crippen molar-refractivity contribution in [2.45, 2.75) is 110 Å². The Labute approximate surface area is 183 Å². The minimum atomic E-state index is -0.311. The van der Waals surface area contributed by atoms with Gasteiger partial charge in [0.15, 0.2) is 0 Å². The van der Waals surface area contributed by atoms with Crippen LogP contribution in [-0.4, -0.2) is 18.5 Å². The Morgan fingerprint density at radius 2 is 1.30 bits per heavy atom. The van der Waals surface area contributed by atoms with Crippen LogP contribution in [-0.2, 0) is 14.3 Å². The zero-order chi connectivity index (χ0) is 21.9. The van der Waals surface area contributed by atoms with E-state index < -0.39 is 0 Å². The highest BCUT2D eigenvalue weighted by Crippen LogP contribution is 2.14. The van der Waals surface area contributed by atoms with Crippen LogP contribution in [0.3, 0.4) is 0 Å². The first kappa shape index (κ1) is 26.2. The number of carbonyl (C=O) groups is 2. The number of esters is 2. The fourth-order valence-corrected chi connectivity index (χ4v) is 3.44. The van der Waals surface area contributed by atoms with Crippen molar-refractivity contribution >= 4 is 11.9 Å². The molecule has 0 bridgehead atoms. The molecule has 0 aromatic heterocycles. The first-order valence-corrected chi connectivity index (χ1v) is 12.0. The Hall–Kier alpha value is -1.84. The summed E-state index contributed by atoms with van der Waals surface area (Å²) in [5, 5.41) is 0. The smallest absolute Gasteiger partial charge is 0.311 e. The summed E-state index contributed by atoms with van der Waals surface area (Å²) < 4.78 is 10.5. The Morgan fingerprint density at radius 3 is 1.90 bits per heavy atom. The van der Waals surface area contributed by atoms with E-state index in [-0.39, 0.29) is 24.8 Å². The Kier molecular flexibility index (Phi) is 15.7. The zero-order valence-corrected chi connectivity index (χ0v) is 19.3. The van der Waals surface area contributed by atoms with E-state index in [0.717, 1.165) is 18.4 Å². The summed E-state index contributed by atoms with van der Waals surface area (Å²) in [5.74, 6) is 0.0188. The van der Waals surface area contributed by atoms with Gasteiger partial charge in [0, 0.05) is 12.8 Å². The summed E-state index contributed by atoms with van der Waals surface area (Å²) in [6.45, 7) is 4.70. The summed E-state index contributed by atoms with van der Waals surface area (Å²) in [6.07, 6.45) is 16.4. The van der Waals surface area contributed by atoms with E-state index in [1.165, 1.54) is 64.2 Å². The molecule has 170 valence electrons. The molecule has 0 aliphatic heterocycles. The van der Waals surface area contributed by atoms with Crippen molar-refractivity contribution in [1.29, 1.82) is 0 Å². The van der Waals surface area contributed by atoms with Gasteiger partial charge in [-0.05, 0) is 37.5 Å². The van der Waals surface area contributed by atoms with Crippen molar-refractivity contribution < 1.29 is 19.1 Å². The van der Waals surface area contributed by atoms with Gasteiger partial charge < -0.3 is 9.47 Å². The molecule has 4 heteroatoms. The summed E-state index contributed by atoms with van der Waals surface area (Å²) in [6, 6.07) is 7.38. The molecular weight excluding hydrogens is 376 g/mol. The molecule has 1 aromatic carbocycles. The second-order valence-electron chi connectivity index (χ2n) is 8.25.